The fourth-order valence-electron chi connectivity index (χ4n) is 3.47. The summed E-state index contributed by atoms with van der Waals surface area (Å²) in [6.45, 7) is 2.05. The van der Waals surface area contributed by atoms with Gasteiger partial charge in [-0.2, -0.15) is 0 Å². The lowest BCUT2D eigenvalue weighted by Crippen LogP contribution is -2.29. The van der Waals surface area contributed by atoms with E-state index in [0.717, 1.165) is 39.8 Å². The SMILES string of the molecule is Cc1cnc(C(NC(=O)c2ccc(SCc3cn4ccccc4n3)cc2)C2CC2)s1. The first-order valence-electron chi connectivity index (χ1n) is 10.0. The molecule has 4 aromatic rings. The van der Waals surface area contributed by atoms with Gasteiger partial charge in [-0.05, 0) is 62.1 Å². The fourth-order valence-corrected chi connectivity index (χ4v) is 5.17. The topological polar surface area (TPSA) is 59.3 Å². The van der Waals surface area contributed by atoms with Gasteiger partial charge in [-0.15, -0.1) is 23.1 Å². The van der Waals surface area contributed by atoms with Crippen LogP contribution >= 0.6 is 23.1 Å². The molecule has 1 saturated carbocycles. The molecule has 1 fully saturated rings. The van der Waals surface area contributed by atoms with Crippen molar-refractivity contribution in [3.63, 3.8) is 0 Å². The van der Waals surface area contributed by atoms with E-state index in [9.17, 15) is 4.79 Å². The van der Waals surface area contributed by atoms with Gasteiger partial charge in [0.05, 0.1) is 11.7 Å². The maximum atomic E-state index is 12.8. The Bertz CT molecular complexity index is 1140. The summed E-state index contributed by atoms with van der Waals surface area (Å²) in [6.07, 6.45) is 8.26. The van der Waals surface area contributed by atoms with Crippen LogP contribution < -0.4 is 5.32 Å². The molecule has 7 heteroatoms. The zero-order valence-corrected chi connectivity index (χ0v) is 18.2. The van der Waals surface area contributed by atoms with Crippen LogP contribution in [-0.2, 0) is 5.75 Å². The van der Waals surface area contributed by atoms with E-state index in [0.29, 0.717) is 11.5 Å². The molecule has 5 nitrogen and oxygen atoms in total. The molecule has 1 atom stereocenters. The first kappa shape index (κ1) is 19.3. The first-order valence-corrected chi connectivity index (χ1v) is 11.8. The van der Waals surface area contributed by atoms with E-state index in [1.807, 2.05) is 59.3 Å². The Balaban J connectivity index is 1.22. The van der Waals surface area contributed by atoms with Crippen LogP contribution in [0.15, 0.2) is 66.0 Å². The molecule has 1 aromatic carbocycles. The van der Waals surface area contributed by atoms with Crippen molar-refractivity contribution < 1.29 is 4.79 Å². The van der Waals surface area contributed by atoms with Crippen molar-refractivity contribution in [2.75, 3.05) is 0 Å². The van der Waals surface area contributed by atoms with Gasteiger partial charge in [-0.25, -0.2) is 9.97 Å². The Morgan fingerprint density at radius 1 is 1.27 bits per heavy atom. The van der Waals surface area contributed by atoms with Gasteiger partial charge < -0.3 is 9.72 Å². The number of aromatic nitrogens is 3. The number of rotatable bonds is 7. The average Bonchev–Trinajstić information content (AvgIpc) is 3.37. The highest BCUT2D eigenvalue weighted by Crippen LogP contribution is 2.42. The molecule has 0 saturated heterocycles. The number of nitrogens with one attached hydrogen (secondary N) is 1. The summed E-state index contributed by atoms with van der Waals surface area (Å²) >= 11 is 3.39. The molecule has 5 rings (SSSR count). The van der Waals surface area contributed by atoms with Crippen molar-refractivity contribution in [2.45, 2.75) is 36.5 Å². The molecular formula is C23H22N4OS2. The number of hydrogen-bond donors (Lipinski definition) is 1. The number of nitrogens with zero attached hydrogens (tertiary/aromatic N) is 3. The average molecular weight is 435 g/mol. The standard InChI is InChI=1S/C23H22N4OS2/c1-15-12-24-23(30-15)21(16-5-6-16)26-22(28)17-7-9-19(10-8-17)29-14-18-13-27-11-3-2-4-20(27)25-18/h2-4,7-13,16,21H,5-6,14H2,1H3,(H,26,28). The molecular weight excluding hydrogens is 412 g/mol. The second-order valence-electron chi connectivity index (χ2n) is 7.61. The van der Waals surface area contributed by atoms with E-state index in [-0.39, 0.29) is 11.9 Å². The Hall–Kier alpha value is -2.64. The molecule has 1 aliphatic rings. The molecule has 30 heavy (non-hydrogen) atoms. The Kier molecular flexibility index (Phi) is 5.31. The molecule has 1 amide bonds. The third kappa shape index (κ3) is 4.27. The molecule has 3 aromatic heterocycles. The van der Waals surface area contributed by atoms with Crippen LogP contribution in [0.3, 0.4) is 0 Å². The lowest BCUT2D eigenvalue weighted by atomic mass is 10.1. The first-order chi connectivity index (χ1) is 14.7. The van der Waals surface area contributed by atoms with Crippen molar-refractivity contribution in [3.05, 3.63) is 82.2 Å². The van der Waals surface area contributed by atoms with E-state index in [4.69, 9.17) is 0 Å². The predicted octanol–water partition coefficient (Wildman–Crippen LogP) is 5.27. The van der Waals surface area contributed by atoms with Crippen molar-refractivity contribution in [1.82, 2.24) is 19.7 Å². The largest absolute Gasteiger partial charge is 0.343 e. The van der Waals surface area contributed by atoms with E-state index in [1.165, 1.54) is 4.88 Å². The van der Waals surface area contributed by atoms with Crippen LogP contribution in [0.5, 0.6) is 0 Å². The van der Waals surface area contributed by atoms with Gasteiger partial charge in [0.1, 0.15) is 10.7 Å². The lowest BCUT2D eigenvalue weighted by molar-refractivity contribution is 0.0931. The quantitative estimate of drug-likeness (QED) is 0.403. The third-order valence-electron chi connectivity index (χ3n) is 5.20. The molecule has 1 aliphatic carbocycles. The van der Waals surface area contributed by atoms with E-state index in [2.05, 4.69) is 28.4 Å². The monoisotopic (exact) mass is 434 g/mol. The molecule has 0 aliphatic heterocycles. The highest BCUT2D eigenvalue weighted by atomic mass is 32.2. The minimum Gasteiger partial charge on any atom is -0.343 e. The van der Waals surface area contributed by atoms with Crippen molar-refractivity contribution >= 4 is 34.7 Å². The molecule has 1 unspecified atom stereocenters. The second kappa shape index (κ2) is 8.24. The summed E-state index contributed by atoms with van der Waals surface area (Å²) in [5.41, 5.74) is 2.69. The van der Waals surface area contributed by atoms with Crippen LogP contribution in [0.1, 0.15) is 44.8 Å². The number of benzene rings is 1. The number of aryl methyl sites for hydroxylation is 1. The Morgan fingerprint density at radius 3 is 2.80 bits per heavy atom. The highest BCUT2D eigenvalue weighted by molar-refractivity contribution is 7.98. The number of hydrogen-bond acceptors (Lipinski definition) is 5. The predicted molar refractivity (Wildman–Crippen MR) is 121 cm³/mol. The fraction of sp³-hybridized carbons (Fsp3) is 0.261. The zero-order chi connectivity index (χ0) is 20.5. The molecule has 3 heterocycles. The normalized spacial score (nSPS) is 14.7. The highest BCUT2D eigenvalue weighted by Gasteiger charge is 2.35. The molecule has 0 spiro atoms. The third-order valence-corrected chi connectivity index (χ3v) is 7.24. The van der Waals surface area contributed by atoms with Gasteiger partial charge in [0, 0.05) is 39.7 Å². The van der Waals surface area contributed by atoms with Gasteiger partial charge in [0.15, 0.2) is 0 Å². The number of fused-ring (bicyclic) bond motifs is 1. The van der Waals surface area contributed by atoms with Crippen LogP contribution in [0.25, 0.3) is 5.65 Å². The zero-order valence-electron chi connectivity index (χ0n) is 16.6. The van der Waals surface area contributed by atoms with Crippen LogP contribution in [0.4, 0.5) is 0 Å². The Labute approximate surface area is 183 Å². The lowest BCUT2D eigenvalue weighted by Gasteiger charge is -2.16. The summed E-state index contributed by atoms with van der Waals surface area (Å²) < 4.78 is 2.03. The van der Waals surface area contributed by atoms with Crippen LogP contribution in [0.2, 0.25) is 0 Å². The van der Waals surface area contributed by atoms with Crippen LogP contribution in [-0.4, -0.2) is 20.3 Å². The number of carbonyl (C=O) groups excluding carboxylic acids is 1. The number of thiazole rings is 1. The van der Waals surface area contributed by atoms with Gasteiger partial charge in [-0.1, -0.05) is 6.07 Å². The van der Waals surface area contributed by atoms with Crippen molar-refractivity contribution in [3.8, 4) is 0 Å². The van der Waals surface area contributed by atoms with Gasteiger partial charge in [-0.3, -0.25) is 4.79 Å². The summed E-state index contributed by atoms with van der Waals surface area (Å²) in [5.74, 6) is 1.27. The van der Waals surface area contributed by atoms with Crippen LogP contribution in [0, 0.1) is 12.8 Å². The molecule has 152 valence electrons. The van der Waals surface area contributed by atoms with Gasteiger partial charge in [0.25, 0.3) is 5.91 Å². The molecule has 1 N–H and O–H groups in total. The maximum absolute atomic E-state index is 12.8. The Morgan fingerprint density at radius 2 is 2.10 bits per heavy atom. The number of pyridine rings is 1. The van der Waals surface area contributed by atoms with E-state index in [1.54, 1.807) is 23.1 Å². The molecule has 0 bridgehead atoms. The van der Waals surface area contributed by atoms with Gasteiger partial charge >= 0.3 is 0 Å². The number of carbonyl (C=O) groups is 1. The van der Waals surface area contributed by atoms with Crippen molar-refractivity contribution in [2.24, 2.45) is 5.92 Å². The smallest absolute Gasteiger partial charge is 0.251 e. The number of amides is 1. The summed E-state index contributed by atoms with van der Waals surface area (Å²) in [6, 6.07) is 13.8. The molecule has 0 radical (unpaired) electrons. The number of imidazole rings is 1. The minimum absolute atomic E-state index is 0.0281. The van der Waals surface area contributed by atoms with E-state index >= 15 is 0 Å². The summed E-state index contributed by atoms with van der Waals surface area (Å²) in [5, 5.41) is 4.22. The van der Waals surface area contributed by atoms with Gasteiger partial charge in [0.2, 0.25) is 0 Å². The minimum atomic E-state index is -0.0309. The second-order valence-corrected chi connectivity index (χ2v) is 9.92. The number of thioether (sulfide) groups is 1. The summed E-state index contributed by atoms with van der Waals surface area (Å²) in [7, 11) is 0. The maximum Gasteiger partial charge on any atom is 0.251 e. The summed E-state index contributed by atoms with van der Waals surface area (Å²) in [4.78, 5) is 24.2. The van der Waals surface area contributed by atoms with E-state index < -0.39 is 0 Å². The van der Waals surface area contributed by atoms with Crippen molar-refractivity contribution in [1.29, 1.82) is 0 Å².